The maximum absolute atomic E-state index is 12.8. The quantitative estimate of drug-likeness (QED) is 0.202. The number of hydrogen-bond donors (Lipinski definition) is 1. The molecule has 1 N–H and O–H groups in total. The van der Waals surface area contributed by atoms with Gasteiger partial charge in [-0.15, -0.1) is 0 Å². The summed E-state index contributed by atoms with van der Waals surface area (Å²) in [6, 6.07) is 10.5. The van der Waals surface area contributed by atoms with Gasteiger partial charge in [-0.1, -0.05) is 105 Å². The van der Waals surface area contributed by atoms with Crippen LogP contribution in [-0.2, 0) is 17.6 Å². The fourth-order valence-corrected chi connectivity index (χ4v) is 5.53. The number of nitrogens with one attached hydrogen (secondary N) is 1. The lowest BCUT2D eigenvalue weighted by atomic mass is 9.81. The molecule has 43 heavy (non-hydrogen) atoms. The van der Waals surface area contributed by atoms with Crippen LogP contribution < -0.4 is 5.32 Å². The minimum absolute atomic E-state index is 0.0503. The van der Waals surface area contributed by atoms with E-state index in [0.29, 0.717) is 11.9 Å². The Bertz CT molecular complexity index is 1290. The van der Waals surface area contributed by atoms with E-state index in [1.807, 2.05) is 46.2 Å². The molecule has 2 heterocycles. The van der Waals surface area contributed by atoms with Crippen molar-refractivity contribution in [3.63, 3.8) is 0 Å². The number of benzene rings is 1. The van der Waals surface area contributed by atoms with E-state index in [2.05, 4.69) is 68.3 Å². The van der Waals surface area contributed by atoms with Crippen molar-refractivity contribution in [2.24, 2.45) is 5.92 Å². The molecular weight excluding hydrogens is 528 g/mol. The number of pyridine rings is 1. The fourth-order valence-electron chi connectivity index (χ4n) is 5.53. The summed E-state index contributed by atoms with van der Waals surface area (Å²) in [5.74, 6) is 2.03. The van der Waals surface area contributed by atoms with Gasteiger partial charge in [-0.25, -0.2) is 9.97 Å². The summed E-state index contributed by atoms with van der Waals surface area (Å²) in [4.78, 5) is 26.9. The van der Waals surface area contributed by atoms with Gasteiger partial charge in [-0.05, 0) is 79.8 Å². The minimum atomic E-state index is 0.0503. The van der Waals surface area contributed by atoms with Gasteiger partial charge in [0, 0.05) is 23.0 Å². The zero-order valence-corrected chi connectivity index (χ0v) is 28.4. The Balaban J connectivity index is 0.00000155. The topological polar surface area (TPSA) is 67.8 Å². The summed E-state index contributed by atoms with van der Waals surface area (Å²) in [7, 11) is 0. The van der Waals surface area contributed by atoms with Crippen LogP contribution in [0.3, 0.4) is 0 Å². The molecule has 4 rings (SSSR count). The second-order valence-corrected chi connectivity index (χ2v) is 11.1. The monoisotopic (exact) mass is 584 g/mol. The van der Waals surface area contributed by atoms with E-state index in [1.54, 1.807) is 6.92 Å². The van der Waals surface area contributed by atoms with Crippen LogP contribution in [0.15, 0.2) is 42.7 Å². The molecule has 1 aliphatic carbocycles. The van der Waals surface area contributed by atoms with Crippen LogP contribution in [-0.4, -0.2) is 20.7 Å². The van der Waals surface area contributed by atoms with Gasteiger partial charge in [0.25, 0.3) is 0 Å². The zero-order chi connectivity index (χ0) is 31.8. The number of hydrogen-bond acceptors (Lipinski definition) is 5. The van der Waals surface area contributed by atoms with Gasteiger partial charge in [0.2, 0.25) is 5.95 Å². The third kappa shape index (κ3) is 10.4. The summed E-state index contributed by atoms with van der Waals surface area (Å²) in [5, 5.41) is 3.32. The molecule has 5 nitrogen and oxygen atoms in total. The van der Waals surface area contributed by atoms with Crippen LogP contribution in [0, 0.1) is 12.8 Å². The Morgan fingerprint density at radius 2 is 1.79 bits per heavy atom. The first-order chi connectivity index (χ1) is 20.9. The van der Waals surface area contributed by atoms with Crippen molar-refractivity contribution in [2.75, 3.05) is 5.32 Å². The van der Waals surface area contributed by atoms with E-state index >= 15 is 0 Å². The molecule has 0 aliphatic heterocycles. The number of ketones is 1. The lowest BCUT2D eigenvalue weighted by Gasteiger charge is -2.25. The van der Waals surface area contributed by atoms with Crippen LogP contribution in [0.1, 0.15) is 140 Å². The molecule has 0 bridgehead atoms. The normalized spacial score (nSPS) is 13.6. The molecule has 1 aromatic carbocycles. The molecule has 2 aromatic heterocycles. The SMILES string of the molecule is CC.CC.CCCc1cccc(C)c1/C(=C/c1cnc(Nc2ccc(C(C)CCCC3CCC3)nc2)nc1CC)C(C)=O. The predicted octanol–water partition coefficient (Wildman–Crippen LogP) is 10.7. The van der Waals surface area contributed by atoms with Crippen molar-refractivity contribution in [1.29, 1.82) is 0 Å². The second-order valence-electron chi connectivity index (χ2n) is 11.1. The van der Waals surface area contributed by atoms with Crippen molar-refractivity contribution in [3.05, 3.63) is 76.4 Å². The fraction of sp³-hybridized carbons (Fsp3) is 0.526. The van der Waals surface area contributed by atoms with Crippen LogP contribution in [0.4, 0.5) is 11.6 Å². The van der Waals surface area contributed by atoms with Crippen molar-refractivity contribution >= 4 is 29.1 Å². The van der Waals surface area contributed by atoms with E-state index in [1.165, 1.54) is 44.1 Å². The number of allylic oxidation sites excluding steroid dienone is 1. The lowest BCUT2D eigenvalue weighted by molar-refractivity contribution is -0.111. The van der Waals surface area contributed by atoms with E-state index in [9.17, 15) is 4.79 Å². The smallest absolute Gasteiger partial charge is 0.227 e. The van der Waals surface area contributed by atoms with Crippen LogP contribution in [0.5, 0.6) is 0 Å². The molecule has 1 saturated carbocycles. The van der Waals surface area contributed by atoms with Crippen molar-refractivity contribution in [1.82, 2.24) is 15.0 Å². The number of carbonyl (C=O) groups excluding carboxylic acids is 1. The molecule has 0 spiro atoms. The van der Waals surface area contributed by atoms with E-state index < -0.39 is 0 Å². The summed E-state index contributed by atoms with van der Waals surface area (Å²) < 4.78 is 0. The first-order valence-corrected chi connectivity index (χ1v) is 16.8. The molecule has 1 fully saturated rings. The third-order valence-electron chi connectivity index (χ3n) is 8.08. The first-order valence-electron chi connectivity index (χ1n) is 16.8. The summed E-state index contributed by atoms with van der Waals surface area (Å²) >= 11 is 0. The van der Waals surface area contributed by atoms with E-state index in [-0.39, 0.29) is 5.78 Å². The predicted molar refractivity (Wildman–Crippen MR) is 185 cm³/mol. The van der Waals surface area contributed by atoms with Crippen LogP contribution in [0.25, 0.3) is 11.6 Å². The number of rotatable bonds is 13. The van der Waals surface area contributed by atoms with Gasteiger partial charge in [-0.3, -0.25) is 9.78 Å². The van der Waals surface area contributed by atoms with Gasteiger partial charge in [0.15, 0.2) is 5.78 Å². The minimum Gasteiger partial charge on any atom is -0.323 e. The highest BCUT2D eigenvalue weighted by Gasteiger charge is 2.18. The van der Waals surface area contributed by atoms with Gasteiger partial charge in [0.05, 0.1) is 17.6 Å². The molecular formula is C38H56N4O. The van der Waals surface area contributed by atoms with E-state index in [0.717, 1.165) is 64.5 Å². The molecule has 5 heteroatoms. The van der Waals surface area contributed by atoms with Crippen molar-refractivity contribution in [3.8, 4) is 0 Å². The van der Waals surface area contributed by atoms with Crippen molar-refractivity contribution in [2.45, 2.75) is 126 Å². The Labute approximate surface area is 262 Å². The van der Waals surface area contributed by atoms with Gasteiger partial charge in [0.1, 0.15) is 0 Å². The highest BCUT2D eigenvalue weighted by atomic mass is 16.1. The average molecular weight is 585 g/mol. The highest BCUT2D eigenvalue weighted by molar-refractivity contribution is 6.25. The largest absolute Gasteiger partial charge is 0.323 e. The molecule has 1 unspecified atom stereocenters. The second kappa shape index (κ2) is 19.0. The third-order valence-corrected chi connectivity index (χ3v) is 8.08. The lowest BCUT2D eigenvalue weighted by Crippen LogP contribution is -2.10. The maximum atomic E-state index is 12.8. The Kier molecular flexibility index (Phi) is 15.9. The molecule has 0 saturated heterocycles. The summed E-state index contributed by atoms with van der Waals surface area (Å²) in [6.07, 6.45) is 16.5. The van der Waals surface area contributed by atoms with Crippen LogP contribution >= 0.6 is 0 Å². The Morgan fingerprint density at radius 1 is 1.05 bits per heavy atom. The standard InChI is InChI=1S/C34H44N4O.2C2H6/c1-6-11-27-17-9-13-24(4)33(27)30(25(5)39)20-28-21-36-34(38-31(28)7-2)37-29-18-19-32(35-22-29)23(3)12-8-14-26-15-10-16-26;2*1-2/h9,13,17-23,26H,6-8,10-12,14-16H2,1-5H3,(H,36,37,38);2*1-2H3/b30-20+;;. The van der Waals surface area contributed by atoms with E-state index in [4.69, 9.17) is 9.97 Å². The number of carbonyl (C=O) groups is 1. The van der Waals surface area contributed by atoms with Gasteiger partial charge in [-0.2, -0.15) is 0 Å². The highest BCUT2D eigenvalue weighted by Crippen LogP contribution is 2.33. The molecule has 3 aromatic rings. The number of Topliss-reactive ketones (excluding diaryl/α,β-unsaturated/α-hetero) is 1. The Morgan fingerprint density at radius 3 is 2.37 bits per heavy atom. The molecule has 234 valence electrons. The van der Waals surface area contributed by atoms with Gasteiger partial charge >= 0.3 is 0 Å². The summed E-state index contributed by atoms with van der Waals surface area (Å²) in [5.41, 5.74) is 7.88. The molecule has 0 radical (unpaired) electrons. The first kappa shape index (κ1) is 35.9. The maximum Gasteiger partial charge on any atom is 0.227 e. The molecule has 0 amide bonds. The van der Waals surface area contributed by atoms with Crippen LogP contribution in [0.2, 0.25) is 0 Å². The number of anilines is 2. The Hall–Kier alpha value is -3.34. The summed E-state index contributed by atoms with van der Waals surface area (Å²) in [6.45, 7) is 18.2. The van der Waals surface area contributed by atoms with Gasteiger partial charge < -0.3 is 5.32 Å². The number of aromatic nitrogens is 3. The molecule has 1 aliphatic rings. The number of nitrogens with zero attached hydrogens (tertiary/aromatic N) is 3. The zero-order valence-electron chi connectivity index (χ0n) is 28.4. The number of aryl methyl sites for hydroxylation is 3. The van der Waals surface area contributed by atoms with Crippen molar-refractivity contribution < 1.29 is 4.79 Å². The molecule has 1 atom stereocenters. The average Bonchev–Trinajstić information content (AvgIpc) is 3.00.